The fourth-order valence-electron chi connectivity index (χ4n) is 3.32. The maximum Gasteiger partial charge on any atom is 0.224 e. The molecule has 1 fully saturated rings. The van der Waals surface area contributed by atoms with Gasteiger partial charge in [0.1, 0.15) is 0 Å². The summed E-state index contributed by atoms with van der Waals surface area (Å²) in [5, 5.41) is 2.97. The van der Waals surface area contributed by atoms with Gasteiger partial charge in [0.05, 0.1) is 13.7 Å². The molecule has 0 atom stereocenters. The fraction of sp³-hybridized carbons (Fsp3) is 0.611. The monoisotopic (exact) mass is 320 g/mol. The van der Waals surface area contributed by atoms with E-state index in [9.17, 15) is 4.79 Å². The standard InChI is InChI=1S/C18H28N2O3/c1-3-23-16-11-14(7-8-15(16)22-2)20-17(21)12-18(13-19)9-5-4-6-10-18/h7-8,11H,3-6,9-10,12-13,19H2,1-2H3,(H,20,21). The lowest BCUT2D eigenvalue weighted by molar-refractivity contribution is -0.118. The lowest BCUT2D eigenvalue weighted by atomic mass is 9.71. The Morgan fingerprint density at radius 2 is 2.00 bits per heavy atom. The molecule has 0 aromatic heterocycles. The third-order valence-electron chi connectivity index (χ3n) is 4.63. The first-order chi connectivity index (χ1) is 11.1. The topological polar surface area (TPSA) is 73.6 Å². The van der Waals surface area contributed by atoms with Crippen molar-refractivity contribution in [3.8, 4) is 11.5 Å². The van der Waals surface area contributed by atoms with Crippen LogP contribution < -0.4 is 20.5 Å². The molecule has 2 rings (SSSR count). The molecule has 0 saturated heterocycles. The van der Waals surface area contributed by atoms with Crippen LogP contribution in [0.1, 0.15) is 45.4 Å². The molecule has 3 N–H and O–H groups in total. The lowest BCUT2D eigenvalue weighted by Crippen LogP contribution is -2.36. The van der Waals surface area contributed by atoms with Gasteiger partial charge in [-0.1, -0.05) is 19.3 Å². The molecular weight excluding hydrogens is 292 g/mol. The zero-order valence-corrected chi connectivity index (χ0v) is 14.2. The van der Waals surface area contributed by atoms with Gasteiger partial charge in [0.2, 0.25) is 5.91 Å². The number of rotatable bonds is 7. The van der Waals surface area contributed by atoms with Crippen LogP contribution >= 0.6 is 0 Å². The van der Waals surface area contributed by atoms with E-state index in [1.807, 2.05) is 13.0 Å². The van der Waals surface area contributed by atoms with Crippen LogP contribution in [0.3, 0.4) is 0 Å². The second-order valence-corrected chi connectivity index (χ2v) is 6.29. The number of anilines is 1. The molecule has 0 heterocycles. The zero-order chi connectivity index (χ0) is 16.7. The molecule has 0 aliphatic heterocycles. The molecule has 5 heteroatoms. The van der Waals surface area contributed by atoms with Gasteiger partial charge in [-0.25, -0.2) is 0 Å². The van der Waals surface area contributed by atoms with Crippen molar-refractivity contribution < 1.29 is 14.3 Å². The summed E-state index contributed by atoms with van der Waals surface area (Å²) in [6.07, 6.45) is 6.16. The van der Waals surface area contributed by atoms with Crippen molar-refractivity contribution in [2.24, 2.45) is 11.1 Å². The van der Waals surface area contributed by atoms with Crippen molar-refractivity contribution in [3.05, 3.63) is 18.2 Å². The van der Waals surface area contributed by atoms with E-state index in [4.69, 9.17) is 15.2 Å². The molecule has 1 aromatic rings. The molecule has 1 aliphatic carbocycles. The lowest BCUT2D eigenvalue weighted by Gasteiger charge is -2.35. The Morgan fingerprint density at radius 3 is 2.61 bits per heavy atom. The van der Waals surface area contributed by atoms with Gasteiger partial charge >= 0.3 is 0 Å². The molecule has 1 amide bonds. The predicted octanol–water partition coefficient (Wildman–Crippen LogP) is 3.33. The highest BCUT2D eigenvalue weighted by atomic mass is 16.5. The number of hydrogen-bond acceptors (Lipinski definition) is 4. The summed E-state index contributed by atoms with van der Waals surface area (Å²) < 4.78 is 10.8. The molecule has 1 aliphatic rings. The van der Waals surface area contributed by atoms with Crippen molar-refractivity contribution >= 4 is 11.6 Å². The van der Waals surface area contributed by atoms with Crippen LogP contribution in [-0.4, -0.2) is 26.2 Å². The fourth-order valence-corrected chi connectivity index (χ4v) is 3.32. The van der Waals surface area contributed by atoms with Crippen molar-refractivity contribution in [1.82, 2.24) is 0 Å². The summed E-state index contributed by atoms with van der Waals surface area (Å²) in [5.41, 5.74) is 6.66. The normalized spacial score (nSPS) is 16.7. The third kappa shape index (κ3) is 4.61. The number of ether oxygens (including phenoxy) is 2. The van der Waals surface area contributed by atoms with Gasteiger partial charge in [0, 0.05) is 18.2 Å². The van der Waals surface area contributed by atoms with E-state index < -0.39 is 0 Å². The molecule has 1 aromatic carbocycles. The summed E-state index contributed by atoms with van der Waals surface area (Å²) in [7, 11) is 1.60. The van der Waals surface area contributed by atoms with Crippen LogP contribution in [0.5, 0.6) is 11.5 Å². The van der Waals surface area contributed by atoms with E-state index in [1.165, 1.54) is 19.3 Å². The first-order valence-corrected chi connectivity index (χ1v) is 8.43. The van der Waals surface area contributed by atoms with Gasteiger partial charge in [-0.15, -0.1) is 0 Å². The third-order valence-corrected chi connectivity index (χ3v) is 4.63. The van der Waals surface area contributed by atoms with Gasteiger partial charge in [-0.3, -0.25) is 4.79 Å². The van der Waals surface area contributed by atoms with Crippen LogP contribution in [0, 0.1) is 5.41 Å². The Morgan fingerprint density at radius 1 is 1.26 bits per heavy atom. The van der Waals surface area contributed by atoms with Gasteiger partial charge in [0.15, 0.2) is 11.5 Å². The maximum atomic E-state index is 12.4. The highest BCUT2D eigenvalue weighted by molar-refractivity contribution is 5.91. The first kappa shape index (κ1) is 17.6. The minimum absolute atomic E-state index is 0.0185. The van der Waals surface area contributed by atoms with E-state index in [0.717, 1.165) is 18.5 Å². The highest BCUT2D eigenvalue weighted by Crippen LogP contribution is 2.38. The number of benzene rings is 1. The van der Waals surface area contributed by atoms with Crippen molar-refractivity contribution in [3.63, 3.8) is 0 Å². The highest BCUT2D eigenvalue weighted by Gasteiger charge is 2.32. The summed E-state index contributed by atoms with van der Waals surface area (Å²) in [4.78, 5) is 12.4. The van der Waals surface area contributed by atoms with Gasteiger partial charge < -0.3 is 20.5 Å². The van der Waals surface area contributed by atoms with E-state index in [-0.39, 0.29) is 11.3 Å². The molecule has 5 nitrogen and oxygen atoms in total. The van der Waals surface area contributed by atoms with E-state index >= 15 is 0 Å². The van der Waals surface area contributed by atoms with Gasteiger partial charge in [-0.05, 0) is 43.9 Å². The number of amides is 1. The van der Waals surface area contributed by atoms with Crippen LogP contribution in [0.25, 0.3) is 0 Å². The Hall–Kier alpha value is -1.75. The maximum absolute atomic E-state index is 12.4. The molecular formula is C18H28N2O3. The van der Waals surface area contributed by atoms with Crippen LogP contribution in [-0.2, 0) is 4.79 Å². The summed E-state index contributed by atoms with van der Waals surface area (Å²) in [6.45, 7) is 3.04. The Kier molecular flexibility index (Phi) is 6.28. The zero-order valence-electron chi connectivity index (χ0n) is 14.2. The molecule has 0 spiro atoms. The molecule has 0 unspecified atom stereocenters. The quantitative estimate of drug-likeness (QED) is 0.808. The number of methoxy groups -OCH3 is 1. The predicted molar refractivity (Wildman–Crippen MR) is 92.0 cm³/mol. The second-order valence-electron chi connectivity index (χ2n) is 6.29. The largest absolute Gasteiger partial charge is 0.493 e. The van der Waals surface area contributed by atoms with E-state index in [2.05, 4.69) is 5.32 Å². The average molecular weight is 320 g/mol. The Bertz CT molecular complexity index is 525. The number of carbonyl (C=O) groups is 1. The van der Waals surface area contributed by atoms with Gasteiger partial charge in [-0.2, -0.15) is 0 Å². The summed E-state index contributed by atoms with van der Waals surface area (Å²) >= 11 is 0. The Labute approximate surface area is 138 Å². The molecule has 0 radical (unpaired) electrons. The van der Waals surface area contributed by atoms with Crippen LogP contribution in [0.15, 0.2) is 18.2 Å². The van der Waals surface area contributed by atoms with E-state index in [0.29, 0.717) is 31.1 Å². The molecule has 23 heavy (non-hydrogen) atoms. The smallest absolute Gasteiger partial charge is 0.224 e. The number of carbonyl (C=O) groups excluding carboxylic acids is 1. The minimum Gasteiger partial charge on any atom is -0.493 e. The van der Waals surface area contributed by atoms with E-state index in [1.54, 1.807) is 19.2 Å². The van der Waals surface area contributed by atoms with Crippen LogP contribution in [0.4, 0.5) is 5.69 Å². The van der Waals surface area contributed by atoms with Crippen molar-refractivity contribution in [1.29, 1.82) is 0 Å². The molecule has 128 valence electrons. The number of nitrogens with two attached hydrogens (primary N) is 1. The SMILES string of the molecule is CCOc1cc(NC(=O)CC2(CN)CCCCC2)ccc1OC. The first-order valence-electron chi connectivity index (χ1n) is 8.43. The number of nitrogens with one attached hydrogen (secondary N) is 1. The average Bonchev–Trinajstić information content (AvgIpc) is 2.56. The number of hydrogen-bond donors (Lipinski definition) is 2. The van der Waals surface area contributed by atoms with Crippen LogP contribution in [0.2, 0.25) is 0 Å². The Balaban J connectivity index is 2.03. The molecule has 1 saturated carbocycles. The minimum atomic E-state index is -0.0302. The van der Waals surface area contributed by atoms with Crippen molar-refractivity contribution in [2.45, 2.75) is 45.4 Å². The second kappa shape index (κ2) is 8.20. The molecule has 0 bridgehead atoms. The summed E-state index contributed by atoms with van der Waals surface area (Å²) in [6, 6.07) is 5.44. The van der Waals surface area contributed by atoms with Crippen molar-refractivity contribution in [2.75, 3.05) is 25.6 Å². The summed E-state index contributed by atoms with van der Waals surface area (Å²) in [5.74, 6) is 1.32. The van der Waals surface area contributed by atoms with Gasteiger partial charge in [0.25, 0.3) is 0 Å².